The topological polar surface area (TPSA) is 85.5 Å². The molecule has 0 N–H and O–H groups in total. The summed E-state index contributed by atoms with van der Waals surface area (Å²) in [6.07, 6.45) is 8.03. The number of rotatable bonds is 8. The first-order chi connectivity index (χ1) is 61.7. The van der Waals surface area contributed by atoms with Crippen LogP contribution in [0.2, 0.25) is 0 Å². The van der Waals surface area contributed by atoms with Crippen molar-refractivity contribution in [1.82, 2.24) is 37.7 Å². The molecule has 8 aromatic carbocycles. The van der Waals surface area contributed by atoms with E-state index in [1.807, 2.05) is 0 Å². The molecule has 132 heavy (non-hydrogen) atoms. The lowest BCUT2D eigenvalue weighted by molar-refractivity contribution is -0.617. The number of hydrogen-bond donors (Lipinski definition) is 0. The first-order valence-corrected chi connectivity index (χ1v) is 48.3. The van der Waals surface area contributed by atoms with Crippen LogP contribution in [0, 0.1) is 71.0 Å². The standard InChI is InChI=1S/4C30H36N3/c1-19-16-21(18-30(5,6)7)31-26-22-13-11-12-20(17-29(2,3)4)27(22)33-24-15-10-9-14-23(24)32(8)28(33)25(19)26;1-19-16-21(18-30(5,6)7)31-26-22-13-9-10-14-23(22)33-27-20(17-29(2,3)4)12-11-15-24(27)32(8)28(33)25(19)26;1-19-15-21(18-30(5,6)7)31-27-22-11-9-10-12-23(22)33-24-14-13-20(17-29(2,3)4)16-25(24)32(8)28(33)26(19)27;1-19-15-21(18-30(5,6)7)31-27-22-11-9-10-12-23(22)33-25-16-20(17-29(2,3)4)13-14-24(25)32(8)28(33)26(19)27/h4*9-16H,17-18H2,1-8H3/q4*+1. The van der Waals surface area contributed by atoms with Crippen LogP contribution >= 0.6 is 0 Å². The van der Waals surface area contributed by atoms with Gasteiger partial charge in [-0.2, -0.15) is 17.6 Å². The zero-order chi connectivity index (χ0) is 94.8. The predicted octanol–water partition coefficient (Wildman–Crippen LogP) is 28.4. The molecule has 0 saturated carbocycles. The first kappa shape index (κ1) is 92.1. The maximum atomic E-state index is 5.32. The Balaban J connectivity index is 0.000000123. The van der Waals surface area contributed by atoms with Crippen LogP contribution in [0.1, 0.15) is 233 Å². The van der Waals surface area contributed by atoms with Crippen molar-refractivity contribution in [2.45, 2.75) is 245 Å². The van der Waals surface area contributed by atoms with E-state index in [1.165, 1.54) is 199 Å². The van der Waals surface area contributed by atoms with Crippen molar-refractivity contribution in [2.24, 2.45) is 71.5 Å². The van der Waals surface area contributed by atoms with Crippen molar-refractivity contribution in [3.05, 3.63) is 261 Å². The van der Waals surface area contributed by atoms with E-state index in [4.69, 9.17) is 19.9 Å². The van der Waals surface area contributed by atoms with Crippen molar-refractivity contribution in [1.29, 1.82) is 0 Å². The third kappa shape index (κ3) is 17.8. The molecule has 0 radical (unpaired) electrons. The van der Waals surface area contributed by atoms with Gasteiger partial charge in [-0.1, -0.05) is 251 Å². The fraction of sp³-hybridized carbons (Fsp3) is 0.400. The summed E-state index contributed by atoms with van der Waals surface area (Å²) in [4.78, 5) is 21.1. The van der Waals surface area contributed by atoms with Crippen molar-refractivity contribution >= 4 is 154 Å². The average Bonchev–Trinajstić information content (AvgIpc) is 1.55. The molecule has 0 fully saturated rings. The minimum Gasteiger partial charge on any atom is -0.252 e. The number of aromatic nitrogens is 12. The summed E-state index contributed by atoms with van der Waals surface area (Å²) in [6, 6.07) is 71.7. The molecule has 20 aromatic rings. The van der Waals surface area contributed by atoms with Gasteiger partial charge in [0.1, 0.15) is 22.1 Å². The zero-order valence-electron chi connectivity index (χ0n) is 85.5. The van der Waals surface area contributed by atoms with E-state index < -0.39 is 0 Å². The van der Waals surface area contributed by atoms with E-state index in [1.54, 1.807) is 0 Å². The van der Waals surface area contributed by atoms with Gasteiger partial charge in [-0.3, -0.25) is 19.9 Å². The van der Waals surface area contributed by atoms with Crippen molar-refractivity contribution in [3.63, 3.8) is 0 Å². The van der Waals surface area contributed by atoms with Crippen LogP contribution in [0.15, 0.2) is 194 Å². The summed E-state index contributed by atoms with van der Waals surface area (Å²) in [5.41, 5.74) is 41.6. The fourth-order valence-electron chi connectivity index (χ4n) is 21.6. The molecule has 0 atom stereocenters. The minimum absolute atomic E-state index is 0.193. The molecule has 12 aromatic heterocycles. The zero-order valence-corrected chi connectivity index (χ0v) is 85.5. The van der Waals surface area contributed by atoms with E-state index in [0.29, 0.717) is 0 Å². The number of nitrogens with zero attached hydrogens (tertiary/aromatic N) is 12. The Bertz CT molecular complexity index is 7960. The number of benzene rings is 8. The third-order valence-corrected chi connectivity index (χ3v) is 26.1. The fourth-order valence-corrected chi connectivity index (χ4v) is 21.6. The number of para-hydroxylation sites is 7. The summed E-state index contributed by atoms with van der Waals surface area (Å²) >= 11 is 0. The summed E-state index contributed by atoms with van der Waals surface area (Å²) in [5, 5.41) is 9.93. The Kier molecular flexibility index (Phi) is 23.1. The van der Waals surface area contributed by atoms with Gasteiger partial charge in [0.15, 0.2) is 44.1 Å². The number of aryl methyl sites for hydroxylation is 8. The molecule has 0 aliphatic rings. The van der Waals surface area contributed by atoms with Crippen LogP contribution in [0.25, 0.3) is 154 Å². The molecule has 12 heterocycles. The average molecular weight is 1750 g/mol. The second-order valence-corrected chi connectivity index (χ2v) is 48.7. The summed E-state index contributed by atoms with van der Waals surface area (Å²) < 4.78 is 19.3. The van der Waals surface area contributed by atoms with Gasteiger partial charge in [0.2, 0.25) is 0 Å². The lowest BCUT2D eigenvalue weighted by Crippen LogP contribution is -2.27. The van der Waals surface area contributed by atoms with E-state index in [2.05, 4.69) is 452 Å². The second-order valence-electron chi connectivity index (χ2n) is 48.7. The Morgan fingerprint density at radius 3 is 1.01 bits per heavy atom. The maximum absolute atomic E-state index is 5.32. The normalized spacial score (nSPS) is 13.1. The van der Waals surface area contributed by atoms with E-state index in [9.17, 15) is 0 Å². The van der Waals surface area contributed by atoms with Gasteiger partial charge in [-0.15, -0.1) is 0 Å². The molecule has 12 nitrogen and oxygen atoms in total. The highest BCUT2D eigenvalue weighted by atomic mass is 15.1. The van der Waals surface area contributed by atoms with Gasteiger partial charge in [0.25, 0.3) is 22.6 Å². The van der Waals surface area contributed by atoms with Crippen LogP contribution in [0.5, 0.6) is 0 Å². The number of hydrogen-bond acceptors (Lipinski definition) is 4. The van der Waals surface area contributed by atoms with Crippen molar-refractivity contribution in [2.75, 3.05) is 0 Å². The SMILES string of the molecule is Cc1cc(CC(C)(C)C)nc2c3cccc(CC(C)(C)C)c3n3c4ccccc4[n+](C)c3c12.Cc1cc(CC(C)(C)C)nc2c3ccccc3[n+]3c4ccc(CC(C)(C)C)cc4n(C)c3c12.Cc1cc(CC(C)(C)C)nc2c3ccccc3n3c4c(CC(C)(C)C)cccc4[n+](C)c3c12.Cc1cc(CC(C)(C)C)nc2c3ccccc3n3c4cc(CC(C)(C)C)ccc4[n+](C)c3c12. The van der Waals surface area contributed by atoms with Crippen LogP contribution < -0.4 is 18.1 Å². The third-order valence-electron chi connectivity index (χ3n) is 26.1. The van der Waals surface area contributed by atoms with Gasteiger partial charge in [0, 0.05) is 55.4 Å². The smallest absolute Gasteiger partial charge is 0.252 e. The Morgan fingerprint density at radius 1 is 0.250 bits per heavy atom. The Labute approximate surface area is 782 Å². The highest BCUT2D eigenvalue weighted by Gasteiger charge is 2.35. The molecular formula is C120H144N12+4. The molecule has 0 saturated heterocycles. The largest absolute Gasteiger partial charge is 0.297 e. The van der Waals surface area contributed by atoms with E-state index >= 15 is 0 Å². The minimum atomic E-state index is 0.193. The summed E-state index contributed by atoms with van der Waals surface area (Å²) in [7, 11) is 8.79. The first-order valence-electron chi connectivity index (χ1n) is 48.3. The van der Waals surface area contributed by atoms with Gasteiger partial charge >= 0.3 is 0 Å². The maximum Gasteiger partial charge on any atom is 0.297 e. The Morgan fingerprint density at radius 2 is 0.561 bits per heavy atom. The summed E-state index contributed by atoms with van der Waals surface area (Å²) in [5.74, 6) is 0. The molecule has 0 unspecified atom stereocenters. The summed E-state index contributed by atoms with van der Waals surface area (Å²) in [6.45, 7) is 64.1. The van der Waals surface area contributed by atoms with Crippen molar-refractivity contribution < 1.29 is 18.1 Å². The second kappa shape index (κ2) is 33.2. The predicted molar refractivity (Wildman–Crippen MR) is 560 cm³/mol. The van der Waals surface area contributed by atoms with Crippen LogP contribution in [0.4, 0.5) is 0 Å². The van der Waals surface area contributed by atoms with Crippen LogP contribution in [0.3, 0.4) is 0 Å². The van der Waals surface area contributed by atoms with Crippen molar-refractivity contribution in [3.8, 4) is 0 Å². The van der Waals surface area contributed by atoms with Crippen LogP contribution in [-0.4, -0.2) is 37.7 Å². The highest BCUT2D eigenvalue weighted by Crippen LogP contribution is 2.43. The molecule has 0 bridgehead atoms. The molecule has 0 aliphatic carbocycles. The van der Waals surface area contributed by atoms with Gasteiger partial charge in [0.05, 0.1) is 71.8 Å². The number of fused-ring (bicyclic) bond motifs is 32. The van der Waals surface area contributed by atoms with E-state index in [-0.39, 0.29) is 43.3 Å². The lowest BCUT2D eigenvalue weighted by Gasteiger charge is -2.20. The number of pyridine rings is 8. The van der Waals surface area contributed by atoms with E-state index in [0.717, 1.165) is 73.4 Å². The lowest BCUT2D eigenvalue weighted by atomic mass is 9.86. The molecule has 0 spiro atoms. The molecule has 12 heteroatoms. The van der Waals surface area contributed by atoms with Gasteiger partial charge in [-0.25, -0.2) is 18.3 Å². The quantitative estimate of drug-likeness (QED) is 0.112. The van der Waals surface area contributed by atoms with Gasteiger partial charge < -0.3 is 0 Å². The molecular weight excluding hydrogens is 1610 g/mol. The van der Waals surface area contributed by atoms with Gasteiger partial charge in [-0.05, 0) is 265 Å². The Hall–Kier alpha value is -11.8. The highest BCUT2D eigenvalue weighted by molar-refractivity contribution is 6.16. The number of imidazole rings is 4. The van der Waals surface area contributed by atoms with Crippen LogP contribution in [-0.2, 0) is 79.6 Å². The molecule has 20 rings (SSSR count). The molecule has 0 amide bonds. The molecule has 0 aliphatic heterocycles. The monoisotopic (exact) mass is 1750 g/mol. The molecule has 680 valence electrons.